The fourth-order valence-electron chi connectivity index (χ4n) is 3.07. The van der Waals surface area contributed by atoms with Crippen LogP contribution in [-0.4, -0.2) is 43.3 Å². The Labute approximate surface area is 135 Å². The highest BCUT2D eigenvalue weighted by molar-refractivity contribution is 7.91. The number of sulfone groups is 1. The summed E-state index contributed by atoms with van der Waals surface area (Å²) in [5.41, 5.74) is 1.01. The predicted octanol–water partition coefficient (Wildman–Crippen LogP) is 2.56. The largest absolute Gasteiger partial charge is 0.461 e. The summed E-state index contributed by atoms with van der Waals surface area (Å²) in [4.78, 5) is 14.6. The topological polar surface area (TPSA) is 67.6 Å². The molecule has 1 aliphatic heterocycles. The Morgan fingerprint density at radius 3 is 2.91 bits per heavy atom. The van der Waals surface area contributed by atoms with E-state index in [0.717, 1.165) is 11.1 Å². The first-order valence-corrected chi connectivity index (χ1v) is 9.35. The molecule has 1 aliphatic rings. The number of para-hydroxylation sites is 1. The molecule has 0 saturated carbocycles. The van der Waals surface area contributed by atoms with Gasteiger partial charge in [0.15, 0.2) is 9.84 Å². The highest BCUT2D eigenvalue weighted by Gasteiger charge is 2.35. The SMILES string of the molecule is C=CCN(C(=O)c1cccc2cc(C)oc12)C1CCS(=O)(=O)C1. The van der Waals surface area contributed by atoms with Crippen molar-refractivity contribution in [2.75, 3.05) is 18.1 Å². The molecule has 0 N–H and O–H groups in total. The highest BCUT2D eigenvalue weighted by Crippen LogP contribution is 2.26. The molecule has 1 aromatic heterocycles. The molecule has 2 aromatic rings. The molecule has 0 radical (unpaired) electrons. The molecule has 3 rings (SSSR count). The highest BCUT2D eigenvalue weighted by atomic mass is 32.2. The summed E-state index contributed by atoms with van der Waals surface area (Å²) < 4.78 is 29.1. The number of carbonyl (C=O) groups excluding carboxylic acids is 1. The van der Waals surface area contributed by atoms with Crippen LogP contribution in [0.2, 0.25) is 0 Å². The van der Waals surface area contributed by atoms with E-state index in [2.05, 4.69) is 6.58 Å². The molecular weight excluding hydrogens is 314 g/mol. The van der Waals surface area contributed by atoms with E-state index in [1.165, 1.54) is 0 Å². The second kappa shape index (κ2) is 5.85. The molecule has 2 heterocycles. The molecule has 1 saturated heterocycles. The first kappa shape index (κ1) is 15.8. The average Bonchev–Trinajstić information content (AvgIpc) is 3.04. The van der Waals surface area contributed by atoms with Crippen molar-refractivity contribution in [3.63, 3.8) is 0 Å². The Morgan fingerprint density at radius 2 is 2.26 bits per heavy atom. The maximum absolute atomic E-state index is 13.0. The van der Waals surface area contributed by atoms with Crippen molar-refractivity contribution in [2.24, 2.45) is 0 Å². The fraction of sp³-hybridized carbons (Fsp3) is 0.353. The third kappa shape index (κ3) is 3.03. The molecule has 6 heteroatoms. The van der Waals surface area contributed by atoms with E-state index in [1.54, 1.807) is 17.0 Å². The van der Waals surface area contributed by atoms with Gasteiger partial charge in [-0.1, -0.05) is 18.2 Å². The second-order valence-corrected chi connectivity index (χ2v) is 8.11. The number of furan rings is 1. The molecule has 0 spiro atoms. The predicted molar refractivity (Wildman–Crippen MR) is 89.2 cm³/mol. The maximum Gasteiger partial charge on any atom is 0.258 e. The van der Waals surface area contributed by atoms with Crippen LogP contribution in [0.4, 0.5) is 0 Å². The van der Waals surface area contributed by atoms with Crippen LogP contribution in [0.25, 0.3) is 11.0 Å². The molecule has 0 aliphatic carbocycles. The van der Waals surface area contributed by atoms with Gasteiger partial charge in [-0.2, -0.15) is 0 Å². The number of nitrogens with zero attached hydrogens (tertiary/aromatic N) is 1. The van der Waals surface area contributed by atoms with Gasteiger partial charge in [-0.3, -0.25) is 4.79 Å². The van der Waals surface area contributed by atoms with E-state index in [0.29, 0.717) is 24.1 Å². The average molecular weight is 333 g/mol. The summed E-state index contributed by atoms with van der Waals surface area (Å²) in [6.07, 6.45) is 2.09. The maximum atomic E-state index is 13.0. The molecule has 23 heavy (non-hydrogen) atoms. The summed E-state index contributed by atoms with van der Waals surface area (Å²) >= 11 is 0. The summed E-state index contributed by atoms with van der Waals surface area (Å²) in [6, 6.07) is 6.98. The minimum Gasteiger partial charge on any atom is -0.461 e. The summed E-state index contributed by atoms with van der Waals surface area (Å²) in [6.45, 7) is 5.83. The van der Waals surface area contributed by atoms with Crippen LogP contribution in [0.1, 0.15) is 22.5 Å². The van der Waals surface area contributed by atoms with Crippen LogP contribution in [0.15, 0.2) is 41.3 Å². The lowest BCUT2D eigenvalue weighted by atomic mass is 10.1. The number of hydrogen-bond donors (Lipinski definition) is 0. The molecule has 1 amide bonds. The van der Waals surface area contributed by atoms with Gasteiger partial charge in [0, 0.05) is 18.0 Å². The van der Waals surface area contributed by atoms with Gasteiger partial charge in [0.2, 0.25) is 0 Å². The molecule has 1 atom stereocenters. The van der Waals surface area contributed by atoms with Gasteiger partial charge in [0.25, 0.3) is 5.91 Å². The monoisotopic (exact) mass is 333 g/mol. The van der Waals surface area contributed by atoms with Gasteiger partial charge in [-0.15, -0.1) is 6.58 Å². The molecule has 5 nitrogen and oxygen atoms in total. The van der Waals surface area contributed by atoms with Crippen LogP contribution < -0.4 is 0 Å². The number of benzene rings is 1. The Hall–Kier alpha value is -2.08. The zero-order valence-electron chi connectivity index (χ0n) is 13.0. The van der Waals surface area contributed by atoms with E-state index in [1.807, 2.05) is 25.1 Å². The quantitative estimate of drug-likeness (QED) is 0.807. The Kier molecular flexibility index (Phi) is 4.02. The molecule has 0 bridgehead atoms. The van der Waals surface area contributed by atoms with Crippen LogP contribution in [0, 0.1) is 6.92 Å². The summed E-state index contributed by atoms with van der Waals surface area (Å²) in [5, 5.41) is 0.867. The van der Waals surface area contributed by atoms with Crippen LogP contribution >= 0.6 is 0 Å². The number of rotatable bonds is 4. The zero-order chi connectivity index (χ0) is 16.6. The van der Waals surface area contributed by atoms with Crippen LogP contribution in [0.3, 0.4) is 0 Å². The van der Waals surface area contributed by atoms with Crippen molar-refractivity contribution >= 4 is 26.7 Å². The first-order chi connectivity index (χ1) is 10.9. The van der Waals surface area contributed by atoms with Crippen LogP contribution in [0.5, 0.6) is 0 Å². The molecule has 1 unspecified atom stereocenters. The third-order valence-corrected chi connectivity index (χ3v) is 5.88. The number of carbonyl (C=O) groups is 1. The summed E-state index contributed by atoms with van der Waals surface area (Å²) in [5.74, 6) is 0.661. The van der Waals surface area contributed by atoms with Gasteiger partial charge in [-0.25, -0.2) is 8.42 Å². The van der Waals surface area contributed by atoms with E-state index >= 15 is 0 Å². The Bertz CT molecular complexity index is 866. The molecule has 122 valence electrons. The standard InChI is InChI=1S/C17H19NO4S/c1-3-8-18(14-7-9-23(20,21)11-14)17(19)15-6-4-5-13-10-12(2)22-16(13)15/h3-6,10,14H,1,7-9,11H2,2H3. The minimum atomic E-state index is -3.06. The Morgan fingerprint density at radius 1 is 1.48 bits per heavy atom. The van der Waals surface area contributed by atoms with Crippen molar-refractivity contribution in [3.8, 4) is 0 Å². The van der Waals surface area contributed by atoms with Gasteiger partial charge in [0.1, 0.15) is 11.3 Å². The van der Waals surface area contributed by atoms with Crippen molar-refractivity contribution in [3.05, 3.63) is 48.2 Å². The summed E-state index contributed by atoms with van der Waals surface area (Å²) in [7, 11) is -3.06. The smallest absolute Gasteiger partial charge is 0.258 e. The number of aryl methyl sites for hydroxylation is 1. The lowest BCUT2D eigenvalue weighted by molar-refractivity contribution is 0.0721. The van der Waals surface area contributed by atoms with E-state index in [9.17, 15) is 13.2 Å². The van der Waals surface area contributed by atoms with E-state index in [-0.39, 0.29) is 23.5 Å². The second-order valence-electron chi connectivity index (χ2n) is 5.88. The van der Waals surface area contributed by atoms with Gasteiger partial charge in [-0.05, 0) is 25.5 Å². The van der Waals surface area contributed by atoms with Crippen molar-refractivity contribution in [1.29, 1.82) is 0 Å². The number of hydrogen-bond acceptors (Lipinski definition) is 4. The number of amides is 1. The lowest BCUT2D eigenvalue weighted by Crippen LogP contribution is -2.41. The van der Waals surface area contributed by atoms with Gasteiger partial charge < -0.3 is 9.32 Å². The van der Waals surface area contributed by atoms with Crippen molar-refractivity contribution in [2.45, 2.75) is 19.4 Å². The van der Waals surface area contributed by atoms with E-state index < -0.39 is 9.84 Å². The van der Waals surface area contributed by atoms with Gasteiger partial charge >= 0.3 is 0 Å². The third-order valence-electron chi connectivity index (χ3n) is 4.13. The first-order valence-electron chi connectivity index (χ1n) is 7.53. The van der Waals surface area contributed by atoms with Crippen LogP contribution in [-0.2, 0) is 9.84 Å². The van der Waals surface area contributed by atoms with Crippen molar-refractivity contribution in [1.82, 2.24) is 4.90 Å². The Balaban J connectivity index is 1.99. The van der Waals surface area contributed by atoms with Gasteiger partial charge in [0.05, 0.1) is 17.1 Å². The van der Waals surface area contributed by atoms with E-state index in [4.69, 9.17) is 4.42 Å². The van der Waals surface area contributed by atoms with Crippen molar-refractivity contribution < 1.29 is 17.6 Å². The minimum absolute atomic E-state index is 0.0136. The lowest BCUT2D eigenvalue weighted by Gasteiger charge is -2.27. The number of fused-ring (bicyclic) bond motifs is 1. The molecule has 1 aromatic carbocycles. The zero-order valence-corrected chi connectivity index (χ0v) is 13.8. The molecule has 1 fully saturated rings. The normalized spacial score (nSPS) is 19.8. The fourth-order valence-corrected chi connectivity index (χ4v) is 4.80. The molecular formula is C17H19NO4S.